The van der Waals surface area contributed by atoms with Gasteiger partial charge in [0.25, 0.3) is 0 Å². The Kier molecular flexibility index (Phi) is 5.97. The van der Waals surface area contributed by atoms with Crippen LogP contribution in [0.25, 0.3) is 0 Å². The zero-order valence-corrected chi connectivity index (χ0v) is 16.0. The van der Waals surface area contributed by atoms with Crippen LogP contribution in [0.5, 0.6) is 0 Å². The third-order valence-corrected chi connectivity index (χ3v) is 7.46. The van der Waals surface area contributed by atoms with Gasteiger partial charge in [0.15, 0.2) is 0 Å². The number of aryl methyl sites for hydroxylation is 1. The summed E-state index contributed by atoms with van der Waals surface area (Å²) >= 11 is 0. The number of amides is 1. The molecule has 0 spiro atoms. The number of sulfonamides is 1. The highest BCUT2D eigenvalue weighted by Gasteiger charge is 2.40. The maximum atomic E-state index is 14.0. The summed E-state index contributed by atoms with van der Waals surface area (Å²) < 4.78 is 42.1. The average molecular weight is 383 g/mol. The molecule has 26 heavy (non-hydrogen) atoms. The van der Waals surface area contributed by atoms with Gasteiger partial charge in [-0.1, -0.05) is 25.3 Å². The molecule has 0 unspecified atom stereocenters. The normalized spacial score (nSPS) is 26.0. The van der Waals surface area contributed by atoms with Crippen LogP contribution in [0.1, 0.15) is 50.5 Å². The lowest BCUT2D eigenvalue weighted by atomic mass is 9.83. The molecule has 7 heteroatoms. The predicted molar refractivity (Wildman–Crippen MR) is 97.6 cm³/mol. The van der Waals surface area contributed by atoms with Crippen LogP contribution in [0.4, 0.5) is 4.39 Å². The lowest BCUT2D eigenvalue weighted by Crippen LogP contribution is -2.51. The van der Waals surface area contributed by atoms with E-state index in [1.165, 1.54) is 16.4 Å². The standard InChI is InChI=1S/C19H27FN2O3S/c1-14-9-10-15(13-17(14)20)26(24,25)22-12-6-2-5-11-21-19(23)16-7-3-4-8-18(16)22/h9-10,13,16,18H,2-8,11-12H2,1H3,(H,21,23)/t16-,18+/m1/s1. The number of nitrogens with one attached hydrogen (secondary N) is 1. The van der Waals surface area contributed by atoms with Gasteiger partial charge in [-0.25, -0.2) is 12.8 Å². The van der Waals surface area contributed by atoms with Crippen molar-refractivity contribution in [3.63, 3.8) is 0 Å². The second kappa shape index (κ2) is 8.05. The Balaban J connectivity index is 1.99. The second-order valence-corrected chi connectivity index (χ2v) is 9.23. The number of rotatable bonds is 2. The van der Waals surface area contributed by atoms with Gasteiger partial charge in [0, 0.05) is 19.1 Å². The summed E-state index contributed by atoms with van der Waals surface area (Å²) in [5, 5.41) is 2.96. The second-order valence-electron chi connectivity index (χ2n) is 7.34. The Bertz CT molecular complexity index is 766. The Morgan fingerprint density at radius 1 is 1.12 bits per heavy atom. The first-order valence-corrected chi connectivity index (χ1v) is 10.9. The van der Waals surface area contributed by atoms with Crippen LogP contribution in [-0.2, 0) is 14.8 Å². The van der Waals surface area contributed by atoms with E-state index < -0.39 is 15.8 Å². The SMILES string of the molecule is Cc1ccc(S(=O)(=O)N2CCCCCNC(=O)[C@@H]3CCCC[C@@H]32)cc1F. The van der Waals surface area contributed by atoms with Crippen molar-refractivity contribution in [1.29, 1.82) is 0 Å². The molecular formula is C19H27FN2O3S. The minimum atomic E-state index is -3.85. The fourth-order valence-electron chi connectivity index (χ4n) is 4.01. The number of hydrogen-bond donors (Lipinski definition) is 1. The van der Waals surface area contributed by atoms with E-state index in [4.69, 9.17) is 0 Å². The molecule has 0 bridgehead atoms. The Labute approximate surface area is 155 Å². The van der Waals surface area contributed by atoms with E-state index in [0.717, 1.165) is 38.2 Å². The minimum Gasteiger partial charge on any atom is -0.356 e. The monoisotopic (exact) mass is 382 g/mol. The van der Waals surface area contributed by atoms with Crippen molar-refractivity contribution in [3.05, 3.63) is 29.6 Å². The number of nitrogens with zero attached hydrogens (tertiary/aromatic N) is 1. The summed E-state index contributed by atoms with van der Waals surface area (Å²) in [6.45, 7) is 2.64. The van der Waals surface area contributed by atoms with Crippen LogP contribution in [0.2, 0.25) is 0 Å². The highest BCUT2D eigenvalue weighted by molar-refractivity contribution is 7.89. The molecular weight excluding hydrogens is 355 g/mol. The van der Waals surface area contributed by atoms with E-state index in [1.54, 1.807) is 6.92 Å². The number of halogens is 1. The molecule has 1 aromatic carbocycles. The largest absolute Gasteiger partial charge is 0.356 e. The van der Waals surface area contributed by atoms with Gasteiger partial charge in [0.2, 0.25) is 15.9 Å². The topological polar surface area (TPSA) is 66.5 Å². The molecule has 1 saturated heterocycles. The maximum absolute atomic E-state index is 14.0. The Hall–Kier alpha value is -1.47. The highest BCUT2D eigenvalue weighted by atomic mass is 32.2. The van der Waals surface area contributed by atoms with Crippen LogP contribution < -0.4 is 5.32 Å². The molecule has 1 amide bonds. The highest BCUT2D eigenvalue weighted by Crippen LogP contribution is 2.33. The van der Waals surface area contributed by atoms with Crippen molar-refractivity contribution in [2.24, 2.45) is 5.92 Å². The van der Waals surface area contributed by atoms with E-state index in [1.807, 2.05) is 0 Å². The molecule has 3 rings (SSSR count). The first-order chi connectivity index (χ1) is 12.4. The summed E-state index contributed by atoms with van der Waals surface area (Å²) in [6, 6.07) is 3.71. The zero-order chi connectivity index (χ0) is 18.7. The quantitative estimate of drug-likeness (QED) is 0.855. The summed E-state index contributed by atoms with van der Waals surface area (Å²) in [5.74, 6) is -0.899. The summed E-state index contributed by atoms with van der Waals surface area (Å²) in [4.78, 5) is 12.6. The van der Waals surface area contributed by atoms with Gasteiger partial charge >= 0.3 is 0 Å². The summed E-state index contributed by atoms with van der Waals surface area (Å²) in [6.07, 6.45) is 5.65. The van der Waals surface area contributed by atoms with Gasteiger partial charge < -0.3 is 5.32 Å². The predicted octanol–water partition coefficient (Wildman–Crippen LogP) is 2.98. The van der Waals surface area contributed by atoms with Gasteiger partial charge in [0.05, 0.1) is 10.8 Å². The molecule has 2 aliphatic rings. The molecule has 0 aromatic heterocycles. The number of hydrogen-bond acceptors (Lipinski definition) is 3. The van der Waals surface area contributed by atoms with Crippen LogP contribution in [-0.4, -0.2) is 37.8 Å². The molecule has 144 valence electrons. The Morgan fingerprint density at radius 2 is 1.88 bits per heavy atom. The van der Waals surface area contributed by atoms with Gasteiger partial charge in [-0.05, 0) is 50.3 Å². The lowest BCUT2D eigenvalue weighted by molar-refractivity contribution is -0.127. The molecule has 1 aromatic rings. The molecule has 1 heterocycles. The fourth-order valence-corrected chi connectivity index (χ4v) is 5.75. The van der Waals surface area contributed by atoms with Crippen LogP contribution >= 0.6 is 0 Å². The minimum absolute atomic E-state index is 0.0256. The van der Waals surface area contributed by atoms with Gasteiger partial charge in [-0.3, -0.25) is 4.79 Å². The number of benzene rings is 1. The van der Waals surface area contributed by atoms with E-state index in [-0.39, 0.29) is 22.8 Å². The first-order valence-electron chi connectivity index (χ1n) is 9.47. The number of fused-ring (bicyclic) bond motifs is 1. The Morgan fingerprint density at radius 3 is 2.65 bits per heavy atom. The molecule has 5 nitrogen and oxygen atoms in total. The molecule has 0 radical (unpaired) electrons. The third-order valence-electron chi connectivity index (χ3n) is 5.54. The van der Waals surface area contributed by atoms with Crippen molar-refractivity contribution in [2.75, 3.05) is 13.1 Å². The zero-order valence-electron chi connectivity index (χ0n) is 15.2. The molecule has 1 saturated carbocycles. The third kappa shape index (κ3) is 3.93. The van der Waals surface area contributed by atoms with Crippen molar-refractivity contribution in [1.82, 2.24) is 9.62 Å². The molecule has 2 fully saturated rings. The van der Waals surface area contributed by atoms with Crippen LogP contribution in [0.3, 0.4) is 0 Å². The van der Waals surface area contributed by atoms with Crippen molar-refractivity contribution < 1.29 is 17.6 Å². The lowest BCUT2D eigenvalue weighted by Gasteiger charge is -2.39. The molecule has 1 aliphatic carbocycles. The molecule has 2 atom stereocenters. The smallest absolute Gasteiger partial charge is 0.243 e. The summed E-state index contributed by atoms with van der Waals surface area (Å²) in [7, 11) is -3.85. The fraction of sp³-hybridized carbons (Fsp3) is 0.632. The number of carbonyl (C=O) groups excluding carboxylic acids is 1. The molecule has 1 N–H and O–H groups in total. The van der Waals surface area contributed by atoms with Gasteiger partial charge in [-0.15, -0.1) is 0 Å². The van der Waals surface area contributed by atoms with Crippen molar-refractivity contribution >= 4 is 15.9 Å². The van der Waals surface area contributed by atoms with E-state index >= 15 is 0 Å². The average Bonchev–Trinajstić information content (AvgIpc) is 2.63. The van der Waals surface area contributed by atoms with E-state index in [2.05, 4.69) is 5.32 Å². The van der Waals surface area contributed by atoms with Crippen molar-refractivity contribution in [2.45, 2.75) is 62.8 Å². The number of carbonyl (C=O) groups is 1. The maximum Gasteiger partial charge on any atom is 0.243 e. The molecule has 1 aliphatic heterocycles. The van der Waals surface area contributed by atoms with Crippen LogP contribution in [0, 0.1) is 18.7 Å². The van der Waals surface area contributed by atoms with Crippen molar-refractivity contribution in [3.8, 4) is 0 Å². The van der Waals surface area contributed by atoms with E-state index in [0.29, 0.717) is 31.5 Å². The summed E-state index contributed by atoms with van der Waals surface area (Å²) in [5.41, 5.74) is 0.417. The van der Waals surface area contributed by atoms with Crippen LogP contribution in [0.15, 0.2) is 23.1 Å². The van der Waals surface area contributed by atoms with Gasteiger partial charge in [0.1, 0.15) is 5.82 Å². The van der Waals surface area contributed by atoms with Gasteiger partial charge in [-0.2, -0.15) is 4.31 Å². The van der Waals surface area contributed by atoms with E-state index in [9.17, 15) is 17.6 Å². The first kappa shape index (κ1) is 19.3.